The number of amides is 1. The lowest BCUT2D eigenvalue weighted by atomic mass is 9.95. The van der Waals surface area contributed by atoms with E-state index in [1.807, 2.05) is 6.92 Å². The third-order valence-corrected chi connectivity index (χ3v) is 4.87. The van der Waals surface area contributed by atoms with Crippen molar-refractivity contribution in [2.24, 2.45) is 5.73 Å². The van der Waals surface area contributed by atoms with Gasteiger partial charge in [0.05, 0.1) is 23.6 Å². The molecule has 4 rings (SSSR count). The second-order valence-electron chi connectivity index (χ2n) is 7.03. The molecule has 0 saturated carbocycles. The maximum Gasteiger partial charge on any atom is 0.268 e. The van der Waals surface area contributed by atoms with Gasteiger partial charge >= 0.3 is 0 Å². The number of nitrogens with two attached hydrogens (primary N) is 1. The number of aromatic nitrogens is 2. The van der Waals surface area contributed by atoms with Gasteiger partial charge in [0.2, 0.25) is 0 Å². The lowest BCUT2D eigenvalue weighted by Crippen LogP contribution is -2.24. The summed E-state index contributed by atoms with van der Waals surface area (Å²) in [5.41, 5.74) is 6.46. The number of benzene rings is 1. The van der Waals surface area contributed by atoms with E-state index in [4.69, 9.17) is 15.6 Å². The molecule has 0 spiro atoms. The average Bonchev–Trinajstić information content (AvgIpc) is 2.72. The summed E-state index contributed by atoms with van der Waals surface area (Å²) in [7, 11) is 0. The number of pyridine rings is 2. The van der Waals surface area contributed by atoms with E-state index in [0.717, 1.165) is 30.7 Å². The normalized spacial score (nSPS) is 18.5. The number of hydrogen-bond acceptors (Lipinski definition) is 5. The smallest absolute Gasteiger partial charge is 0.268 e. The second-order valence-corrected chi connectivity index (χ2v) is 7.03. The zero-order valence-corrected chi connectivity index (χ0v) is 16.2. The Kier molecular flexibility index (Phi) is 6.41. The van der Waals surface area contributed by atoms with Crippen LogP contribution in [0.15, 0.2) is 41.3 Å². The Labute approximate surface area is 170 Å². The Balaban J connectivity index is 0.000000239. The van der Waals surface area contributed by atoms with Crippen LogP contribution in [0.1, 0.15) is 41.9 Å². The van der Waals surface area contributed by atoms with E-state index in [1.54, 1.807) is 6.07 Å². The van der Waals surface area contributed by atoms with Crippen LogP contribution in [0.2, 0.25) is 0 Å². The van der Waals surface area contributed by atoms with Crippen molar-refractivity contribution in [1.82, 2.24) is 9.97 Å². The van der Waals surface area contributed by atoms with E-state index >= 15 is 0 Å². The van der Waals surface area contributed by atoms with Gasteiger partial charge in [-0.25, -0.2) is 4.39 Å². The number of H-pyrrole nitrogens is 1. The fraction of sp³-hybridized carbons (Fsp3) is 0.286. The first-order valence-electron chi connectivity index (χ1n) is 9.34. The molecule has 7 nitrogen and oxygen atoms in total. The second kappa shape index (κ2) is 9.00. The minimum absolute atomic E-state index is 0.00816. The highest BCUT2D eigenvalue weighted by molar-refractivity contribution is 6.03. The van der Waals surface area contributed by atoms with Gasteiger partial charge in [0.25, 0.3) is 5.91 Å². The molecule has 2 aromatic heterocycles. The molecule has 9 heteroatoms. The number of phenolic OH excluding ortho intramolecular Hbond substituents is 1. The molecule has 1 aromatic carbocycles. The van der Waals surface area contributed by atoms with Crippen LogP contribution in [0, 0.1) is 11.6 Å². The van der Waals surface area contributed by atoms with Crippen LogP contribution in [0.4, 0.5) is 8.78 Å². The van der Waals surface area contributed by atoms with Gasteiger partial charge in [-0.05, 0) is 38.0 Å². The van der Waals surface area contributed by atoms with Gasteiger partial charge < -0.3 is 20.6 Å². The largest absolute Gasteiger partial charge is 0.505 e. The quantitative estimate of drug-likeness (QED) is 0.592. The molecule has 3 heterocycles. The fourth-order valence-electron chi connectivity index (χ4n) is 3.25. The average molecular weight is 417 g/mol. The number of phenols is 1. The molecule has 2 unspecified atom stereocenters. The molecule has 0 radical (unpaired) electrons. The Bertz CT molecular complexity index is 1100. The predicted octanol–water partition coefficient (Wildman–Crippen LogP) is 2.97. The molecule has 1 aliphatic rings. The van der Waals surface area contributed by atoms with Crippen LogP contribution < -0.4 is 11.2 Å². The molecule has 1 fully saturated rings. The molecular weight excluding hydrogens is 396 g/mol. The lowest BCUT2D eigenvalue weighted by molar-refractivity contribution is 0.0147. The number of primary amides is 1. The molecule has 1 saturated heterocycles. The van der Waals surface area contributed by atoms with Crippen molar-refractivity contribution in [3.8, 4) is 5.75 Å². The van der Waals surface area contributed by atoms with E-state index in [-0.39, 0.29) is 28.5 Å². The van der Waals surface area contributed by atoms with Crippen molar-refractivity contribution in [1.29, 1.82) is 0 Å². The Hall–Kier alpha value is -3.33. The number of carbonyl (C=O) groups excluding carboxylic acids is 1. The van der Waals surface area contributed by atoms with E-state index in [2.05, 4.69) is 9.97 Å². The Morgan fingerprint density at radius 2 is 2.07 bits per heavy atom. The predicted molar refractivity (Wildman–Crippen MR) is 106 cm³/mol. The van der Waals surface area contributed by atoms with E-state index in [0.29, 0.717) is 12.1 Å². The zero-order valence-electron chi connectivity index (χ0n) is 16.2. The van der Waals surface area contributed by atoms with Gasteiger partial charge in [-0.15, -0.1) is 0 Å². The molecule has 30 heavy (non-hydrogen) atoms. The van der Waals surface area contributed by atoms with Crippen molar-refractivity contribution < 1.29 is 23.4 Å². The van der Waals surface area contributed by atoms with Gasteiger partial charge in [-0.3, -0.25) is 14.6 Å². The van der Waals surface area contributed by atoms with Gasteiger partial charge in [0.15, 0.2) is 22.8 Å². The molecule has 1 amide bonds. The van der Waals surface area contributed by atoms with Crippen LogP contribution in [-0.2, 0) is 4.74 Å². The first-order valence-corrected chi connectivity index (χ1v) is 9.34. The summed E-state index contributed by atoms with van der Waals surface area (Å²) in [5.74, 6) is -3.42. The van der Waals surface area contributed by atoms with Crippen LogP contribution in [0.3, 0.4) is 0 Å². The highest BCUT2D eigenvalue weighted by Crippen LogP contribution is 2.27. The molecular formula is C21H21F2N3O4. The van der Waals surface area contributed by atoms with Crippen LogP contribution in [0.5, 0.6) is 5.75 Å². The SMILES string of the molecule is CC1CCC(c2cc(=O)c3c(C(N)=O)nccc3[nH]2)CO1.Oc1cccc(F)c1F. The molecule has 3 aromatic rings. The molecule has 4 N–H and O–H groups in total. The summed E-state index contributed by atoms with van der Waals surface area (Å²) in [5, 5.41) is 8.73. The molecule has 0 aliphatic carbocycles. The van der Waals surface area contributed by atoms with Crippen molar-refractivity contribution in [2.45, 2.75) is 31.8 Å². The zero-order chi connectivity index (χ0) is 21.8. The standard InChI is InChI=1S/C15H17N3O3.C6H4F2O/c1-8-2-3-9(7-21-8)11-6-12(19)13-10(18-11)4-5-17-14(13)15(16)20;7-4-2-1-3-5(9)6(4)8/h4-6,8-9H,2-3,7H2,1H3,(H2,16,20)(H,18,19);1-3,9H. The lowest BCUT2D eigenvalue weighted by Gasteiger charge is -2.27. The van der Waals surface area contributed by atoms with E-state index in [9.17, 15) is 18.4 Å². The maximum absolute atomic E-state index is 12.3. The third-order valence-electron chi connectivity index (χ3n) is 4.87. The topological polar surface area (TPSA) is 118 Å². The van der Waals surface area contributed by atoms with Gasteiger partial charge in [0, 0.05) is 23.9 Å². The minimum Gasteiger partial charge on any atom is -0.505 e. The Morgan fingerprint density at radius 1 is 1.30 bits per heavy atom. The Morgan fingerprint density at radius 3 is 2.67 bits per heavy atom. The van der Waals surface area contributed by atoms with Crippen LogP contribution >= 0.6 is 0 Å². The highest BCUT2D eigenvalue weighted by Gasteiger charge is 2.22. The molecule has 2 atom stereocenters. The number of ether oxygens (including phenoxy) is 1. The minimum atomic E-state index is -1.20. The van der Waals surface area contributed by atoms with Gasteiger partial charge in [-0.2, -0.15) is 4.39 Å². The number of rotatable bonds is 2. The summed E-state index contributed by atoms with van der Waals surface area (Å²) in [6, 6.07) is 6.46. The number of hydrogen-bond donors (Lipinski definition) is 3. The van der Waals surface area contributed by atoms with E-state index < -0.39 is 23.3 Å². The van der Waals surface area contributed by atoms with Gasteiger partial charge in [-0.1, -0.05) is 6.07 Å². The third kappa shape index (κ3) is 4.62. The summed E-state index contributed by atoms with van der Waals surface area (Å²) in [6.07, 6.45) is 3.67. The number of aromatic amines is 1. The molecule has 158 valence electrons. The highest BCUT2D eigenvalue weighted by atomic mass is 19.2. The van der Waals surface area contributed by atoms with Crippen molar-refractivity contribution in [2.75, 3.05) is 6.61 Å². The number of carbonyl (C=O) groups is 1. The van der Waals surface area contributed by atoms with E-state index in [1.165, 1.54) is 18.3 Å². The number of aromatic hydroxyl groups is 1. The molecule has 0 bridgehead atoms. The van der Waals surface area contributed by atoms with Crippen molar-refractivity contribution in [3.05, 3.63) is 69.8 Å². The summed E-state index contributed by atoms with van der Waals surface area (Å²) >= 11 is 0. The summed E-state index contributed by atoms with van der Waals surface area (Å²) in [6.45, 7) is 2.64. The number of nitrogens with one attached hydrogen (secondary N) is 1. The first kappa shape index (κ1) is 21.4. The van der Waals surface area contributed by atoms with Gasteiger partial charge in [0.1, 0.15) is 5.69 Å². The first-order chi connectivity index (χ1) is 14.3. The number of halogens is 2. The monoisotopic (exact) mass is 417 g/mol. The number of fused-ring (bicyclic) bond motifs is 1. The summed E-state index contributed by atoms with van der Waals surface area (Å²) < 4.78 is 29.8. The molecule has 1 aliphatic heterocycles. The number of nitrogens with zero attached hydrogens (tertiary/aromatic N) is 1. The van der Waals surface area contributed by atoms with Crippen LogP contribution in [0.25, 0.3) is 10.9 Å². The van der Waals surface area contributed by atoms with Crippen LogP contribution in [-0.4, -0.2) is 33.7 Å². The summed E-state index contributed by atoms with van der Waals surface area (Å²) in [4.78, 5) is 30.8. The fourth-order valence-corrected chi connectivity index (χ4v) is 3.25. The van der Waals surface area contributed by atoms with Crippen molar-refractivity contribution >= 4 is 16.8 Å². The maximum atomic E-state index is 12.3. The van der Waals surface area contributed by atoms with Crippen molar-refractivity contribution in [3.63, 3.8) is 0 Å².